The monoisotopic (exact) mass is 313 g/mol. The van der Waals surface area contributed by atoms with Gasteiger partial charge in [0, 0.05) is 18.3 Å². The second kappa shape index (κ2) is 6.13. The van der Waals surface area contributed by atoms with Gasteiger partial charge >= 0.3 is 0 Å². The first kappa shape index (κ1) is 15.9. The van der Waals surface area contributed by atoms with E-state index in [0.717, 1.165) is 12.8 Å². The van der Waals surface area contributed by atoms with Crippen LogP contribution in [-0.2, 0) is 21.1 Å². The van der Waals surface area contributed by atoms with Crippen LogP contribution in [0.4, 0.5) is 4.39 Å². The van der Waals surface area contributed by atoms with Crippen molar-refractivity contribution in [2.45, 2.75) is 38.3 Å². The Morgan fingerprint density at radius 1 is 1.43 bits per heavy atom. The maximum atomic E-state index is 13.2. The third kappa shape index (κ3) is 4.81. The standard InChI is InChI=1S/C15H20FNO3S/c1-11(10-21(2,19)20)17(14-6-7-14)15(18)9-12-4-3-5-13(16)8-12/h3-5,8,11,14H,6-7,9-10H2,1-2H3/t11-/m1/s1. The van der Waals surface area contributed by atoms with E-state index in [0.29, 0.717) is 5.56 Å². The van der Waals surface area contributed by atoms with Gasteiger partial charge in [-0.1, -0.05) is 12.1 Å². The van der Waals surface area contributed by atoms with Crippen molar-refractivity contribution in [2.24, 2.45) is 0 Å². The molecule has 1 atom stereocenters. The highest BCUT2D eigenvalue weighted by Gasteiger charge is 2.36. The lowest BCUT2D eigenvalue weighted by molar-refractivity contribution is -0.132. The van der Waals surface area contributed by atoms with Crippen molar-refractivity contribution in [2.75, 3.05) is 12.0 Å². The Morgan fingerprint density at radius 2 is 2.10 bits per heavy atom. The van der Waals surface area contributed by atoms with Gasteiger partial charge in [-0.05, 0) is 37.5 Å². The minimum absolute atomic E-state index is 0.0433. The molecule has 1 saturated carbocycles. The highest BCUT2D eigenvalue weighted by molar-refractivity contribution is 7.90. The Bertz CT molecular complexity index is 626. The van der Waals surface area contributed by atoms with Gasteiger partial charge in [0.05, 0.1) is 12.2 Å². The van der Waals surface area contributed by atoms with Crippen molar-refractivity contribution in [3.05, 3.63) is 35.6 Å². The molecule has 1 aromatic rings. The van der Waals surface area contributed by atoms with Crippen LogP contribution in [0.1, 0.15) is 25.3 Å². The average molecular weight is 313 g/mol. The Balaban J connectivity index is 2.09. The predicted octanol–water partition coefficient (Wildman–Crippen LogP) is 1.79. The van der Waals surface area contributed by atoms with Crippen molar-refractivity contribution < 1.29 is 17.6 Å². The molecule has 0 saturated heterocycles. The summed E-state index contributed by atoms with van der Waals surface area (Å²) in [5.74, 6) is -0.556. The lowest BCUT2D eigenvalue weighted by atomic mass is 10.1. The van der Waals surface area contributed by atoms with E-state index in [1.54, 1.807) is 24.0 Å². The molecule has 21 heavy (non-hydrogen) atoms. The molecule has 0 aromatic heterocycles. The van der Waals surface area contributed by atoms with Crippen LogP contribution in [0.25, 0.3) is 0 Å². The number of carbonyl (C=O) groups excluding carboxylic acids is 1. The fourth-order valence-corrected chi connectivity index (χ4v) is 3.63. The summed E-state index contributed by atoms with van der Waals surface area (Å²) in [6.07, 6.45) is 3.08. The molecule has 0 heterocycles. The molecule has 4 nitrogen and oxygen atoms in total. The minimum Gasteiger partial charge on any atom is -0.336 e. The van der Waals surface area contributed by atoms with E-state index in [4.69, 9.17) is 0 Å². The zero-order valence-corrected chi connectivity index (χ0v) is 13.1. The number of nitrogens with zero attached hydrogens (tertiary/aromatic N) is 1. The molecule has 0 N–H and O–H groups in total. The highest BCUT2D eigenvalue weighted by Crippen LogP contribution is 2.29. The molecule has 1 aliphatic rings. The van der Waals surface area contributed by atoms with E-state index < -0.39 is 9.84 Å². The fraction of sp³-hybridized carbons (Fsp3) is 0.533. The number of sulfone groups is 1. The number of amides is 1. The van der Waals surface area contributed by atoms with Gasteiger partial charge in [-0.15, -0.1) is 0 Å². The van der Waals surface area contributed by atoms with Gasteiger partial charge in [0.15, 0.2) is 0 Å². The van der Waals surface area contributed by atoms with Crippen LogP contribution in [0.2, 0.25) is 0 Å². The second-order valence-corrected chi connectivity index (χ2v) is 7.97. The lowest BCUT2D eigenvalue weighted by Gasteiger charge is -2.29. The Kier molecular flexibility index (Phi) is 4.66. The Morgan fingerprint density at radius 3 is 2.62 bits per heavy atom. The first-order valence-electron chi connectivity index (χ1n) is 6.99. The lowest BCUT2D eigenvalue weighted by Crippen LogP contribution is -2.44. The van der Waals surface area contributed by atoms with Crippen LogP contribution < -0.4 is 0 Å². The zero-order valence-electron chi connectivity index (χ0n) is 12.3. The number of hydrogen-bond acceptors (Lipinski definition) is 3. The summed E-state index contributed by atoms with van der Waals surface area (Å²) in [6.45, 7) is 1.75. The molecule has 0 aliphatic heterocycles. The van der Waals surface area contributed by atoms with E-state index in [1.165, 1.54) is 18.4 Å². The number of halogens is 1. The molecule has 116 valence electrons. The summed E-state index contributed by atoms with van der Waals surface area (Å²) in [6, 6.07) is 5.71. The van der Waals surface area contributed by atoms with Crippen molar-refractivity contribution >= 4 is 15.7 Å². The third-order valence-electron chi connectivity index (χ3n) is 3.49. The number of hydrogen-bond donors (Lipinski definition) is 0. The van der Waals surface area contributed by atoms with E-state index >= 15 is 0 Å². The molecule has 0 unspecified atom stereocenters. The topological polar surface area (TPSA) is 54.5 Å². The number of benzene rings is 1. The van der Waals surface area contributed by atoms with Crippen LogP contribution in [0.5, 0.6) is 0 Å². The summed E-state index contributed by atoms with van der Waals surface area (Å²) >= 11 is 0. The molecule has 1 amide bonds. The van der Waals surface area contributed by atoms with Crippen molar-refractivity contribution in [1.82, 2.24) is 4.90 Å². The van der Waals surface area contributed by atoms with E-state index in [2.05, 4.69) is 0 Å². The molecule has 0 bridgehead atoms. The normalized spacial score (nSPS) is 16.5. The van der Waals surface area contributed by atoms with Gasteiger partial charge in [0.1, 0.15) is 15.7 Å². The summed E-state index contributed by atoms with van der Waals surface area (Å²) in [4.78, 5) is 14.1. The van der Waals surface area contributed by atoms with Gasteiger partial charge in [-0.3, -0.25) is 4.79 Å². The molecule has 0 radical (unpaired) electrons. The van der Waals surface area contributed by atoms with Crippen molar-refractivity contribution in [3.63, 3.8) is 0 Å². The first-order chi connectivity index (χ1) is 9.76. The summed E-state index contributed by atoms with van der Waals surface area (Å²) < 4.78 is 36.0. The fourth-order valence-electron chi connectivity index (χ4n) is 2.59. The number of carbonyl (C=O) groups is 1. The first-order valence-corrected chi connectivity index (χ1v) is 9.05. The van der Waals surface area contributed by atoms with Crippen molar-refractivity contribution in [3.8, 4) is 0 Å². The summed E-state index contributed by atoms with van der Waals surface area (Å²) in [5.41, 5.74) is 0.609. The number of rotatable bonds is 6. The van der Waals surface area contributed by atoms with Gasteiger partial charge < -0.3 is 4.90 Å². The van der Waals surface area contributed by atoms with E-state index in [9.17, 15) is 17.6 Å². The maximum absolute atomic E-state index is 13.2. The molecule has 1 aromatic carbocycles. The third-order valence-corrected chi connectivity index (χ3v) is 4.58. The molecular formula is C15H20FNO3S. The Hall–Kier alpha value is -1.43. The summed E-state index contributed by atoms with van der Waals surface area (Å²) in [7, 11) is -3.14. The molecular weight excluding hydrogens is 293 g/mol. The SMILES string of the molecule is C[C@H](CS(C)(=O)=O)N(C(=O)Cc1cccc(F)c1)C1CC1. The maximum Gasteiger partial charge on any atom is 0.227 e. The summed E-state index contributed by atoms with van der Waals surface area (Å²) in [5, 5.41) is 0. The second-order valence-electron chi connectivity index (χ2n) is 5.78. The van der Waals surface area contributed by atoms with Gasteiger partial charge in [0.25, 0.3) is 0 Å². The van der Waals surface area contributed by atoms with Crippen LogP contribution in [0.3, 0.4) is 0 Å². The molecule has 1 aliphatic carbocycles. The largest absolute Gasteiger partial charge is 0.336 e. The Labute approximate surface area is 124 Å². The van der Waals surface area contributed by atoms with Crippen LogP contribution in [0, 0.1) is 5.82 Å². The van der Waals surface area contributed by atoms with Gasteiger partial charge in [0.2, 0.25) is 5.91 Å². The van der Waals surface area contributed by atoms with Crippen LogP contribution in [0.15, 0.2) is 24.3 Å². The van der Waals surface area contributed by atoms with Crippen LogP contribution >= 0.6 is 0 Å². The molecule has 6 heteroatoms. The zero-order chi connectivity index (χ0) is 15.6. The smallest absolute Gasteiger partial charge is 0.227 e. The quantitative estimate of drug-likeness (QED) is 0.804. The van der Waals surface area contributed by atoms with Crippen LogP contribution in [-0.4, -0.2) is 43.3 Å². The molecule has 1 fully saturated rings. The van der Waals surface area contributed by atoms with Gasteiger partial charge in [-0.2, -0.15) is 0 Å². The average Bonchev–Trinajstić information content (AvgIpc) is 3.10. The highest BCUT2D eigenvalue weighted by atomic mass is 32.2. The van der Waals surface area contributed by atoms with Crippen molar-refractivity contribution in [1.29, 1.82) is 0 Å². The molecule has 2 rings (SSSR count). The molecule has 0 spiro atoms. The predicted molar refractivity (Wildman–Crippen MR) is 79.1 cm³/mol. The minimum atomic E-state index is -3.14. The van der Waals surface area contributed by atoms with E-state index in [-0.39, 0.29) is 36.0 Å². The van der Waals surface area contributed by atoms with E-state index in [1.807, 2.05) is 0 Å². The van der Waals surface area contributed by atoms with Gasteiger partial charge in [-0.25, -0.2) is 12.8 Å².